The predicted molar refractivity (Wildman–Crippen MR) is 86.0 cm³/mol. The molecule has 4 nitrogen and oxygen atoms in total. The summed E-state index contributed by atoms with van der Waals surface area (Å²) in [6.45, 7) is 2.51. The second-order valence-electron chi connectivity index (χ2n) is 6.14. The van der Waals surface area contributed by atoms with E-state index in [-0.39, 0.29) is 29.5 Å². The van der Waals surface area contributed by atoms with Gasteiger partial charge in [0.05, 0.1) is 0 Å². The van der Waals surface area contributed by atoms with Gasteiger partial charge < -0.3 is 9.88 Å². The Hall–Kier alpha value is -2.50. The zero-order valence-corrected chi connectivity index (χ0v) is 13.3. The summed E-state index contributed by atoms with van der Waals surface area (Å²) in [5, 5.41) is 0. The number of carbonyl (C=O) groups is 1. The highest BCUT2D eigenvalue weighted by Gasteiger charge is 2.28. The molecule has 1 atom stereocenters. The van der Waals surface area contributed by atoms with Gasteiger partial charge in [-0.2, -0.15) is 0 Å². The topological polar surface area (TPSA) is 53.2 Å². The molecule has 0 radical (unpaired) electrons. The molecule has 3 rings (SSSR count). The Morgan fingerprint density at radius 3 is 2.79 bits per heavy atom. The Bertz CT molecular complexity index is 832. The number of nitrogens with zero attached hydrogens (tertiary/aromatic N) is 1. The van der Waals surface area contributed by atoms with Gasteiger partial charge >= 0.3 is 0 Å². The lowest BCUT2D eigenvalue weighted by Crippen LogP contribution is -2.41. The number of rotatable bonds is 2. The summed E-state index contributed by atoms with van der Waals surface area (Å²) in [7, 11) is 0. The van der Waals surface area contributed by atoms with Gasteiger partial charge in [0.2, 0.25) is 0 Å². The van der Waals surface area contributed by atoms with Gasteiger partial charge in [-0.1, -0.05) is 0 Å². The van der Waals surface area contributed by atoms with Crippen LogP contribution in [0.3, 0.4) is 0 Å². The Kier molecular flexibility index (Phi) is 4.46. The Labute approximate surface area is 138 Å². The standard InChI is InChI=1S/C18H18F2N2O2/c1-11-4-6-14(17(23)21-11)18(24)22-8-2-3-12(10-22)15-9-13(19)5-7-16(15)20/h4-7,9,12H,2-3,8,10H2,1H3,(H,21,23)/t12-/m1/s1. The molecule has 1 aromatic carbocycles. The SMILES string of the molecule is Cc1ccc(C(=O)N2CCC[C@@H](c3cc(F)ccc3F)C2)c(=O)[nH]1. The van der Waals surface area contributed by atoms with Gasteiger partial charge in [-0.3, -0.25) is 9.59 Å². The van der Waals surface area contributed by atoms with Crippen LogP contribution >= 0.6 is 0 Å². The van der Waals surface area contributed by atoms with Gasteiger partial charge in [0.15, 0.2) is 0 Å². The van der Waals surface area contributed by atoms with E-state index in [4.69, 9.17) is 0 Å². The Balaban J connectivity index is 1.84. The van der Waals surface area contributed by atoms with Gasteiger partial charge in [0.25, 0.3) is 11.5 Å². The molecule has 0 saturated carbocycles. The quantitative estimate of drug-likeness (QED) is 0.919. The van der Waals surface area contributed by atoms with Crippen molar-refractivity contribution in [3.8, 4) is 0 Å². The minimum atomic E-state index is -0.496. The zero-order chi connectivity index (χ0) is 17.3. The maximum atomic E-state index is 14.0. The average Bonchev–Trinajstić information content (AvgIpc) is 2.56. The van der Waals surface area contributed by atoms with Crippen LogP contribution in [0.1, 0.15) is 40.4 Å². The number of hydrogen-bond donors (Lipinski definition) is 1. The molecular formula is C18H18F2N2O2. The third-order valence-corrected chi connectivity index (χ3v) is 4.39. The van der Waals surface area contributed by atoms with Crippen molar-refractivity contribution in [2.45, 2.75) is 25.7 Å². The molecule has 6 heteroatoms. The predicted octanol–water partition coefficient (Wildman–Crippen LogP) is 2.98. The molecule has 0 bridgehead atoms. The van der Waals surface area contributed by atoms with Crippen molar-refractivity contribution in [3.63, 3.8) is 0 Å². The van der Waals surface area contributed by atoms with E-state index in [9.17, 15) is 18.4 Å². The number of likely N-dealkylation sites (tertiary alicyclic amines) is 1. The fourth-order valence-corrected chi connectivity index (χ4v) is 3.15. The summed E-state index contributed by atoms with van der Waals surface area (Å²) in [4.78, 5) is 28.7. The van der Waals surface area contributed by atoms with E-state index in [2.05, 4.69) is 4.98 Å². The Morgan fingerprint density at radius 2 is 2.04 bits per heavy atom. The monoisotopic (exact) mass is 332 g/mol. The highest BCUT2D eigenvalue weighted by Crippen LogP contribution is 2.29. The summed E-state index contributed by atoms with van der Waals surface area (Å²) in [6.07, 6.45) is 1.35. The number of benzene rings is 1. The minimum absolute atomic E-state index is 0.0703. The molecular weight excluding hydrogens is 314 g/mol. The fraction of sp³-hybridized carbons (Fsp3) is 0.333. The number of aromatic nitrogens is 1. The van der Waals surface area contributed by atoms with E-state index in [1.54, 1.807) is 17.9 Å². The van der Waals surface area contributed by atoms with Crippen LogP contribution < -0.4 is 5.56 Å². The van der Waals surface area contributed by atoms with E-state index in [0.29, 0.717) is 25.1 Å². The van der Waals surface area contributed by atoms with E-state index in [1.807, 2.05) is 0 Å². The van der Waals surface area contributed by atoms with Crippen molar-refractivity contribution < 1.29 is 13.6 Å². The smallest absolute Gasteiger partial charge is 0.260 e. The van der Waals surface area contributed by atoms with Crippen LogP contribution in [0.25, 0.3) is 0 Å². The highest BCUT2D eigenvalue weighted by atomic mass is 19.1. The summed E-state index contributed by atoms with van der Waals surface area (Å²) in [5.74, 6) is -1.62. The number of hydrogen-bond acceptors (Lipinski definition) is 2. The second-order valence-corrected chi connectivity index (χ2v) is 6.14. The summed E-state index contributed by atoms with van der Waals surface area (Å²) >= 11 is 0. The number of nitrogens with one attached hydrogen (secondary N) is 1. The molecule has 24 heavy (non-hydrogen) atoms. The zero-order valence-electron chi connectivity index (χ0n) is 13.3. The fourth-order valence-electron chi connectivity index (χ4n) is 3.15. The first-order valence-electron chi connectivity index (χ1n) is 7.90. The molecule has 2 heterocycles. The van der Waals surface area contributed by atoms with Gasteiger partial charge in [-0.25, -0.2) is 8.78 Å². The van der Waals surface area contributed by atoms with E-state index in [0.717, 1.165) is 12.1 Å². The molecule has 1 N–H and O–H groups in total. The maximum Gasteiger partial charge on any atom is 0.260 e. The molecule has 1 fully saturated rings. The van der Waals surface area contributed by atoms with Crippen molar-refractivity contribution in [1.82, 2.24) is 9.88 Å². The molecule has 1 aromatic heterocycles. The lowest BCUT2D eigenvalue weighted by atomic mass is 9.90. The largest absolute Gasteiger partial charge is 0.338 e. The number of halogens is 2. The van der Waals surface area contributed by atoms with E-state index in [1.165, 1.54) is 12.1 Å². The van der Waals surface area contributed by atoms with Crippen LogP contribution in [0.2, 0.25) is 0 Å². The summed E-state index contributed by atoms with van der Waals surface area (Å²) < 4.78 is 27.4. The lowest BCUT2D eigenvalue weighted by Gasteiger charge is -2.33. The van der Waals surface area contributed by atoms with Gasteiger partial charge in [-0.15, -0.1) is 0 Å². The number of piperidine rings is 1. The van der Waals surface area contributed by atoms with Crippen LogP contribution in [0.4, 0.5) is 8.78 Å². The molecule has 1 aliphatic heterocycles. The maximum absolute atomic E-state index is 14.0. The number of carbonyl (C=O) groups excluding carboxylic acids is 1. The molecule has 1 saturated heterocycles. The van der Waals surface area contributed by atoms with Crippen LogP contribution in [0.15, 0.2) is 35.1 Å². The molecule has 0 spiro atoms. The summed E-state index contributed by atoms with van der Waals surface area (Å²) in [5.41, 5.74) is 0.597. The molecule has 2 aromatic rings. The molecule has 126 valence electrons. The van der Waals surface area contributed by atoms with Crippen molar-refractivity contribution in [1.29, 1.82) is 0 Å². The highest BCUT2D eigenvalue weighted by molar-refractivity contribution is 5.94. The Morgan fingerprint density at radius 1 is 1.25 bits per heavy atom. The number of aromatic amines is 1. The molecule has 1 aliphatic rings. The number of amides is 1. The van der Waals surface area contributed by atoms with Gasteiger partial charge in [0, 0.05) is 24.7 Å². The van der Waals surface area contributed by atoms with Crippen molar-refractivity contribution in [2.75, 3.05) is 13.1 Å². The van der Waals surface area contributed by atoms with Gasteiger partial charge in [0.1, 0.15) is 17.2 Å². The van der Waals surface area contributed by atoms with Crippen molar-refractivity contribution in [2.24, 2.45) is 0 Å². The first kappa shape index (κ1) is 16.4. The third-order valence-electron chi connectivity index (χ3n) is 4.39. The second kappa shape index (κ2) is 6.55. The number of aryl methyl sites for hydroxylation is 1. The summed E-state index contributed by atoms with van der Waals surface area (Å²) in [6, 6.07) is 6.55. The lowest BCUT2D eigenvalue weighted by molar-refractivity contribution is 0.0704. The van der Waals surface area contributed by atoms with Crippen LogP contribution in [0, 0.1) is 18.6 Å². The van der Waals surface area contributed by atoms with Crippen LogP contribution in [-0.2, 0) is 0 Å². The van der Waals surface area contributed by atoms with Crippen molar-refractivity contribution >= 4 is 5.91 Å². The average molecular weight is 332 g/mol. The normalized spacial score (nSPS) is 17.8. The third kappa shape index (κ3) is 3.22. The molecule has 1 amide bonds. The minimum Gasteiger partial charge on any atom is -0.338 e. The molecule has 0 unspecified atom stereocenters. The number of pyridine rings is 1. The number of H-pyrrole nitrogens is 1. The van der Waals surface area contributed by atoms with E-state index >= 15 is 0 Å². The molecule has 0 aliphatic carbocycles. The first-order chi connectivity index (χ1) is 11.5. The van der Waals surface area contributed by atoms with E-state index < -0.39 is 17.2 Å². The van der Waals surface area contributed by atoms with Crippen molar-refractivity contribution in [3.05, 3.63) is 69.1 Å². The first-order valence-corrected chi connectivity index (χ1v) is 7.90. The van der Waals surface area contributed by atoms with Crippen LogP contribution in [0.5, 0.6) is 0 Å². The van der Waals surface area contributed by atoms with Gasteiger partial charge in [-0.05, 0) is 55.7 Å². The van der Waals surface area contributed by atoms with Crippen LogP contribution in [-0.4, -0.2) is 28.9 Å².